The van der Waals surface area contributed by atoms with Crippen molar-refractivity contribution >= 4 is 28.6 Å². The highest BCUT2D eigenvalue weighted by atomic mass is 32.2. The van der Waals surface area contributed by atoms with Gasteiger partial charge < -0.3 is 9.80 Å². The van der Waals surface area contributed by atoms with Gasteiger partial charge in [0.1, 0.15) is 6.54 Å². The van der Waals surface area contributed by atoms with Gasteiger partial charge >= 0.3 is 0 Å². The fourth-order valence-corrected chi connectivity index (χ4v) is 3.24. The fourth-order valence-electron chi connectivity index (χ4n) is 2.42. The van der Waals surface area contributed by atoms with Crippen LogP contribution in [-0.2, 0) is 11.2 Å². The number of nitrogens with zero attached hydrogens (tertiary/aromatic N) is 2. The maximum Gasteiger partial charge on any atom is 0.282 e. The summed E-state index contributed by atoms with van der Waals surface area (Å²) in [4.78, 5) is 27.2. The van der Waals surface area contributed by atoms with Crippen LogP contribution in [0.5, 0.6) is 0 Å². The summed E-state index contributed by atoms with van der Waals surface area (Å²) in [6.45, 7) is 1.62. The second-order valence-electron chi connectivity index (χ2n) is 4.46. The number of carbonyl (C=O) groups is 2. The van der Waals surface area contributed by atoms with E-state index in [0.29, 0.717) is 6.54 Å². The van der Waals surface area contributed by atoms with E-state index in [2.05, 4.69) is 6.07 Å². The Morgan fingerprint density at radius 1 is 1.28 bits per heavy atom. The smallest absolute Gasteiger partial charge is 0.282 e. The molecule has 0 saturated carbocycles. The van der Waals surface area contributed by atoms with Crippen molar-refractivity contribution < 1.29 is 9.59 Å². The molecule has 0 aromatic heterocycles. The molecule has 0 atom stereocenters. The molecule has 94 valence electrons. The van der Waals surface area contributed by atoms with Crippen LogP contribution in [0.1, 0.15) is 5.56 Å². The maximum atomic E-state index is 12.2. The number of para-hydroxylation sites is 1. The molecular weight excluding hydrogens is 248 g/mol. The number of hydrogen-bond donors (Lipinski definition) is 0. The topological polar surface area (TPSA) is 40.6 Å². The van der Waals surface area contributed by atoms with Crippen LogP contribution in [-0.4, -0.2) is 41.4 Å². The summed E-state index contributed by atoms with van der Waals surface area (Å²) in [5.41, 5.74) is 2.22. The van der Waals surface area contributed by atoms with Crippen LogP contribution in [0, 0.1) is 0 Å². The first-order chi connectivity index (χ1) is 8.75. The highest BCUT2D eigenvalue weighted by Crippen LogP contribution is 2.28. The third kappa shape index (κ3) is 1.99. The molecule has 2 aliphatic heterocycles. The summed E-state index contributed by atoms with van der Waals surface area (Å²) in [5, 5.41) is 0.0239. The van der Waals surface area contributed by atoms with Crippen molar-refractivity contribution in [1.82, 2.24) is 4.90 Å². The largest absolute Gasteiger partial charge is 0.323 e. The molecule has 0 spiro atoms. The van der Waals surface area contributed by atoms with Gasteiger partial charge in [-0.15, -0.1) is 0 Å². The first-order valence-electron chi connectivity index (χ1n) is 6.06. The van der Waals surface area contributed by atoms with Crippen molar-refractivity contribution in [3.63, 3.8) is 0 Å². The second kappa shape index (κ2) is 4.65. The lowest BCUT2D eigenvalue weighted by Gasteiger charge is -2.21. The van der Waals surface area contributed by atoms with E-state index in [1.54, 1.807) is 9.80 Å². The Bertz CT molecular complexity index is 504. The minimum absolute atomic E-state index is 0.0239. The molecule has 0 aliphatic carbocycles. The number of amides is 2. The van der Waals surface area contributed by atoms with E-state index in [1.165, 1.54) is 17.3 Å². The number of anilines is 1. The van der Waals surface area contributed by atoms with Crippen LogP contribution in [0.15, 0.2) is 24.3 Å². The summed E-state index contributed by atoms with van der Waals surface area (Å²) >= 11 is 1.29. The van der Waals surface area contributed by atoms with E-state index in [9.17, 15) is 9.59 Å². The molecule has 1 saturated heterocycles. The Balaban J connectivity index is 1.73. The third-order valence-electron chi connectivity index (χ3n) is 3.36. The van der Waals surface area contributed by atoms with E-state index in [-0.39, 0.29) is 17.7 Å². The number of hydrogen-bond acceptors (Lipinski definition) is 3. The number of thioether (sulfide) groups is 1. The predicted octanol–water partition coefficient (Wildman–Crippen LogP) is 1.74. The zero-order valence-electron chi connectivity index (χ0n) is 9.96. The quantitative estimate of drug-likeness (QED) is 0.815. The first kappa shape index (κ1) is 11.6. The van der Waals surface area contributed by atoms with Crippen molar-refractivity contribution in [2.75, 3.05) is 30.3 Å². The van der Waals surface area contributed by atoms with Crippen LogP contribution >= 0.6 is 11.8 Å². The SMILES string of the molecule is O=C1SCCN1CC(=O)N1CCc2ccccc21. The van der Waals surface area contributed by atoms with Crippen LogP contribution in [0.4, 0.5) is 10.5 Å². The predicted molar refractivity (Wildman–Crippen MR) is 71.9 cm³/mol. The average Bonchev–Trinajstić information content (AvgIpc) is 2.96. The molecular formula is C13H14N2O2S. The number of fused-ring (bicyclic) bond motifs is 1. The highest BCUT2D eigenvalue weighted by molar-refractivity contribution is 8.13. The zero-order valence-corrected chi connectivity index (χ0v) is 10.8. The van der Waals surface area contributed by atoms with Gasteiger partial charge in [-0.05, 0) is 18.1 Å². The number of benzene rings is 1. The molecule has 1 fully saturated rings. The summed E-state index contributed by atoms with van der Waals surface area (Å²) < 4.78 is 0. The van der Waals surface area contributed by atoms with Gasteiger partial charge in [-0.1, -0.05) is 30.0 Å². The summed E-state index contributed by atoms with van der Waals surface area (Å²) in [7, 11) is 0. The fraction of sp³-hybridized carbons (Fsp3) is 0.385. The Morgan fingerprint density at radius 3 is 2.89 bits per heavy atom. The first-order valence-corrected chi connectivity index (χ1v) is 7.04. The lowest BCUT2D eigenvalue weighted by atomic mass is 10.2. The maximum absolute atomic E-state index is 12.2. The van der Waals surface area contributed by atoms with Gasteiger partial charge in [0.15, 0.2) is 0 Å². The Kier molecular flexibility index (Phi) is 2.99. The Hall–Kier alpha value is -1.49. The molecule has 5 heteroatoms. The van der Waals surface area contributed by atoms with Gasteiger partial charge in [0.25, 0.3) is 5.24 Å². The molecule has 2 aliphatic rings. The normalized spacial score (nSPS) is 18.3. The van der Waals surface area contributed by atoms with E-state index in [4.69, 9.17) is 0 Å². The summed E-state index contributed by atoms with van der Waals surface area (Å²) in [6, 6.07) is 7.97. The van der Waals surface area contributed by atoms with E-state index in [0.717, 1.165) is 24.4 Å². The van der Waals surface area contributed by atoms with Gasteiger partial charge in [-0.2, -0.15) is 0 Å². The molecule has 0 unspecified atom stereocenters. The molecule has 3 rings (SSSR count). The van der Waals surface area contributed by atoms with E-state index >= 15 is 0 Å². The summed E-state index contributed by atoms with van der Waals surface area (Å²) in [6.07, 6.45) is 0.907. The van der Waals surface area contributed by atoms with Gasteiger partial charge in [-0.3, -0.25) is 9.59 Å². The van der Waals surface area contributed by atoms with Crippen LogP contribution in [0.2, 0.25) is 0 Å². The molecule has 1 aromatic rings. The van der Waals surface area contributed by atoms with Crippen molar-refractivity contribution in [2.24, 2.45) is 0 Å². The van der Waals surface area contributed by atoms with Crippen molar-refractivity contribution in [3.8, 4) is 0 Å². The van der Waals surface area contributed by atoms with Crippen LogP contribution < -0.4 is 4.90 Å². The monoisotopic (exact) mass is 262 g/mol. The number of carbonyl (C=O) groups excluding carboxylic acids is 2. The lowest BCUT2D eigenvalue weighted by molar-refractivity contribution is -0.118. The Morgan fingerprint density at radius 2 is 2.11 bits per heavy atom. The van der Waals surface area contributed by atoms with Crippen LogP contribution in [0.25, 0.3) is 0 Å². The number of rotatable bonds is 2. The van der Waals surface area contributed by atoms with E-state index < -0.39 is 0 Å². The minimum Gasteiger partial charge on any atom is -0.323 e. The average molecular weight is 262 g/mol. The lowest BCUT2D eigenvalue weighted by Crippen LogP contribution is -2.39. The molecule has 0 N–H and O–H groups in total. The third-order valence-corrected chi connectivity index (χ3v) is 4.25. The minimum atomic E-state index is 0.0239. The molecule has 1 aromatic carbocycles. The van der Waals surface area contributed by atoms with Gasteiger partial charge in [0.2, 0.25) is 5.91 Å². The molecule has 0 bridgehead atoms. The summed E-state index contributed by atoms with van der Waals surface area (Å²) in [5.74, 6) is 0.818. The highest BCUT2D eigenvalue weighted by Gasteiger charge is 2.29. The van der Waals surface area contributed by atoms with Crippen molar-refractivity contribution in [3.05, 3.63) is 29.8 Å². The van der Waals surface area contributed by atoms with Gasteiger partial charge in [0.05, 0.1) is 0 Å². The Labute approximate surface area is 110 Å². The molecule has 2 amide bonds. The molecule has 18 heavy (non-hydrogen) atoms. The van der Waals surface area contributed by atoms with E-state index in [1.807, 2.05) is 18.2 Å². The van der Waals surface area contributed by atoms with Gasteiger partial charge in [0, 0.05) is 24.5 Å². The van der Waals surface area contributed by atoms with Gasteiger partial charge in [-0.25, -0.2) is 0 Å². The van der Waals surface area contributed by atoms with Crippen LogP contribution in [0.3, 0.4) is 0 Å². The molecule has 0 radical (unpaired) electrons. The second-order valence-corrected chi connectivity index (χ2v) is 5.51. The molecule has 2 heterocycles. The zero-order chi connectivity index (χ0) is 12.5. The standard InChI is InChI=1S/C13H14N2O2S/c16-12(9-14-7-8-18-13(14)17)15-6-5-10-3-1-2-4-11(10)15/h1-4H,5-9H2. The molecule has 4 nitrogen and oxygen atoms in total. The van der Waals surface area contributed by atoms with Crippen molar-refractivity contribution in [2.45, 2.75) is 6.42 Å². The van der Waals surface area contributed by atoms with Crippen molar-refractivity contribution in [1.29, 1.82) is 0 Å².